The summed E-state index contributed by atoms with van der Waals surface area (Å²) in [6.45, 7) is 4.62. The standard InChI is InChI=1S/C19H23F3N2O3S2/c1-29(25,26)27-11-14-8-13(14)10-23-4-6-24(7-5-23)17-12-28-18-9-15(19(20,21)22)2-3-16(17)18/h2-3,9,12-14H,4-8,10-11H2,1H3/t13?,14-/m0/s1. The molecule has 1 aliphatic heterocycles. The van der Waals surface area contributed by atoms with Crippen molar-refractivity contribution >= 4 is 37.2 Å². The Morgan fingerprint density at radius 1 is 1.17 bits per heavy atom. The fraction of sp³-hybridized carbons (Fsp3) is 0.579. The summed E-state index contributed by atoms with van der Waals surface area (Å²) < 4.78 is 66.4. The van der Waals surface area contributed by atoms with Crippen LogP contribution < -0.4 is 4.90 Å². The van der Waals surface area contributed by atoms with Gasteiger partial charge in [0.1, 0.15) is 0 Å². The van der Waals surface area contributed by atoms with Crippen LogP contribution in [0.3, 0.4) is 0 Å². The van der Waals surface area contributed by atoms with Gasteiger partial charge in [-0.05, 0) is 30.4 Å². The molecule has 2 atom stereocenters. The lowest BCUT2D eigenvalue weighted by molar-refractivity contribution is -0.137. The number of alkyl halides is 3. The van der Waals surface area contributed by atoms with E-state index in [4.69, 9.17) is 4.18 Å². The van der Waals surface area contributed by atoms with Crippen LogP contribution in [0.25, 0.3) is 10.1 Å². The first-order valence-corrected chi connectivity index (χ1v) is 12.2. The predicted molar refractivity (Wildman–Crippen MR) is 108 cm³/mol. The van der Waals surface area contributed by atoms with E-state index in [1.165, 1.54) is 17.4 Å². The van der Waals surface area contributed by atoms with Crippen molar-refractivity contribution in [1.82, 2.24) is 4.90 Å². The highest BCUT2D eigenvalue weighted by Gasteiger charge is 2.39. The molecule has 4 rings (SSSR count). The first-order valence-electron chi connectivity index (χ1n) is 9.50. The van der Waals surface area contributed by atoms with E-state index in [0.717, 1.165) is 62.5 Å². The highest BCUT2D eigenvalue weighted by molar-refractivity contribution is 7.85. The molecule has 160 valence electrons. The molecule has 0 bridgehead atoms. The highest BCUT2D eigenvalue weighted by Crippen LogP contribution is 2.40. The molecule has 1 aromatic heterocycles. The Morgan fingerprint density at radius 2 is 1.90 bits per heavy atom. The van der Waals surface area contributed by atoms with E-state index in [9.17, 15) is 21.6 Å². The second-order valence-electron chi connectivity index (χ2n) is 7.86. The molecule has 1 aromatic carbocycles. The normalized spacial score (nSPS) is 23.7. The summed E-state index contributed by atoms with van der Waals surface area (Å²) in [7, 11) is -3.38. The zero-order valence-electron chi connectivity index (χ0n) is 16.0. The van der Waals surface area contributed by atoms with Gasteiger partial charge in [-0.25, -0.2) is 0 Å². The van der Waals surface area contributed by atoms with E-state index in [-0.39, 0.29) is 6.61 Å². The van der Waals surface area contributed by atoms with Crippen LogP contribution in [0.1, 0.15) is 12.0 Å². The van der Waals surface area contributed by atoms with Gasteiger partial charge in [0.25, 0.3) is 10.1 Å². The van der Waals surface area contributed by atoms with E-state index in [1.54, 1.807) is 6.07 Å². The Kier molecular flexibility index (Phi) is 5.56. The topological polar surface area (TPSA) is 49.9 Å². The fourth-order valence-electron chi connectivity index (χ4n) is 3.89. The van der Waals surface area contributed by atoms with Crippen molar-refractivity contribution in [3.05, 3.63) is 29.1 Å². The zero-order valence-corrected chi connectivity index (χ0v) is 17.6. The van der Waals surface area contributed by atoms with E-state index in [0.29, 0.717) is 16.5 Å². The van der Waals surface area contributed by atoms with E-state index < -0.39 is 21.9 Å². The van der Waals surface area contributed by atoms with Crippen LogP contribution in [0.2, 0.25) is 0 Å². The van der Waals surface area contributed by atoms with Gasteiger partial charge in [0.15, 0.2) is 0 Å². The van der Waals surface area contributed by atoms with Gasteiger partial charge < -0.3 is 4.90 Å². The minimum Gasteiger partial charge on any atom is -0.368 e. The molecule has 1 aliphatic carbocycles. The Bertz CT molecular complexity index is 982. The van der Waals surface area contributed by atoms with Crippen molar-refractivity contribution in [3.8, 4) is 0 Å². The summed E-state index contributed by atoms with van der Waals surface area (Å²) in [6, 6.07) is 3.96. The summed E-state index contributed by atoms with van der Waals surface area (Å²) >= 11 is 1.35. The molecular weight excluding hydrogens is 425 g/mol. The first-order chi connectivity index (χ1) is 13.6. The Balaban J connectivity index is 1.31. The van der Waals surface area contributed by atoms with Crippen molar-refractivity contribution in [3.63, 3.8) is 0 Å². The number of piperazine rings is 1. The molecule has 0 amide bonds. The van der Waals surface area contributed by atoms with Gasteiger partial charge in [0.2, 0.25) is 0 Å². The summed E-state index contributed by atoms with van der Waals surface area (Å²) in [5, 5.41) is 2.82. The van der Waals surface area contributed by atoms with Crippen LogP contribution in [-0.4, -0.2) is 58.9 Å². The van der Waals surface area contributed by atoms with Crippen molar-refractivity contribution < 1.29 is 25.8 Å². The van der Waals surface area contributed by atoms with E-state index in [2.05, 4.69) is 9.80 Å². The van der Waals surface area contributed by atoms with Gasteiger partial charge in [-0.2, -0.15) is 21.6 Å². The number of halogens is 3. The number of anilines is 1. The maximum atomic E-state index is 12.9. The number of nitrogens with zero attached hydrogens (tertiary/aromatic N) is 2. The van der Waals surface area contributed by atoms with Gasteiger partial charge in [-0.1, -0.05) is 6.07 Å². The molecule has 1 unspecified atom stereocenters. The van der Waals surface area contributed by atoms with Crippen LogP contribution in [0.5, 0.6) is 0 Å². The minimum absolute atomic E-state index is 0.268. The van der Waals surface area contributed by atoms with Crippen molar-refractivity contribution in [2.45, 2.75) is 12.6 Å². The molecule has 2 aromatic rings. The highest BCUT2D eigenvalue weighted by atomic mass is 32.2. The molecule has 29 heavy (non-hydrogen) atoms. The smallest absolute Gasteiger partial charge is 0.368 e. The van der Waals surface area contributed by atoms with Gasteiger partial charge in [-0.15, -0.1) is 11.3 Å². The first kappa shape index (κ1) is 20.9. The molecule has 0 N–H and O–H groups in total. The van der Waals surface area contributed by atoms with Gasteiger partial charge >= 0.3 is 6.18 Å². The third-order valence-corrected chi connectivity index (χ3v) is 7.15. The number of rotatable bonds is 6. The molecular formula is C19H23F3N2O3S2. The molecule has 2 fully saturated rings. The Labute approximate surface area is 172 Å². The van der Waals surface area contributed by atoms with Crippen molar-refractivity contribution in [2.24, 2.45) is 11.8 Å². The van der Waals surface area contributed by atoms with Crippen LogP contribution in [-0.2, 0) is 20.5 Å². The van der Waals surface area contributed by atoms with Gasteiger partial charge in [-0.3, -0.25) is 9.08 Å². The Hall–Kier alpha value is -1.36. The average molecular weight is 449 g/mol. The van der Waals surface area contributed by atoms with E-state index >= 15 is 0 Å². The SMILES string of the molecule is CS(=O)(=O)OC[C@@H]1CC1CN1CCN(c2csc3cc(C(F)(F)F)ccc23)CC1. The molecule has 0 spiro atoms. The molecule has 0 radical (unpaired) electrons. The molecule has 5 nitrogen and oxygen atoms in total. The van der Waals surface area contributed by atoms with Crippen molar-refractivity contribution in [2.75, 3.05) is 50.5 Å². The second kappa shape index (κ2) is 7.72. The zero-order chi connectivity index (χ0) is 20.8. The van der Waals surface area contributed by atoms with Crippen LogP contribution in [0.4, 0.5) is 18.9 Å². The molecule has 1 saturated carbocycles. The number of hydrogen-bond donors (Lipinski definition) is 0. The van der Waals surface area contributed by atoms with Crippen LogP contribution in [0.15, 0.2) is 23.6 Å². The lowest BCUT2D eigenvalue weighted by atomic mass is 10.1. The summed E-state index contributed by atoms with van der Waals surface area (Å²) in [6.07, 6.45) is -2.26. The largest absolute Gasteiger partial charge is 0.416 e. The lowest BCUT2D eigenvalue weighted by Gasteiger charge is -2.36. The van der Waals surface area contributed by atoms with Crippen molar-refractivity contribution in [1.29, 1.82) is 0 Å². The quantitative estimate of drug-likeness (QED) is 0.632. The summed E-state index contributed by atoms with van der Waals surface area (Å²) in [5.74, 6) is 0.789. The number of fused-ring (bicyclic) bond motifs is 1. The molecule has 10 heteroatoms. The van der Waals surface area contributed by atoms with Gasteiger partial charge in [0, 0.05) is 48.2 Å². The maximum absolute atomic E-state index is 12.9. The number of benzene rings is 1. The molecule has 2 heterocycles. The van der Waals surface area contributed by atoms with E-state index in [1.807, 2.05) is 5.38 Å². The molecule has 2 aliphatic rings. The average Bonchev–Trinajstić information content (AvgIpc) is 3.24. The third kappa shape index (κ3) is 5.04. The molecule has 1 saturated heterocycles. The monoisotopic (exact) mass is 448 g/mol. The van der Waals surface area contributed by atoms with Crippen LogP contribution in [0, 0.1) is 11.8 Å². The third-order valence-electron chi connectivity index (χ3n) is 5.65. The van der Waals surface area contributed by atoms with Crippen LogP contribution >= 0.6 is 11.3 Å². The number of thiophene rings is 1. The maximum Gasteiger partial charge on any atom is 0.416 e. The lowest BCUT2D eigenvalue weighted by Crippen LogP contribution is -2.47. The Morgan fingerprint density at radius 3 is 2.55 bits per heavy atom. The number of hydrogen-bond acceptors (Lipinski definition) is 6. The fourth-order valence-corrected chi connectivity index (χ4v) is 5.32. The van der Waals surface area contributed by atoms with Gasteiger partial charge in [0.05, 0.1) is 24.1 Å². The summed E-state index contributed by atoms with van der Waals surface area (Å²) in [5.41, 5.74) is 0.395. The predicted octanol–water partition coefficient (Wildman–Crippen LogP) is 3.65. The minimum atomic E-state index is -4.32. The second-order valence-corrected chi connectivity index (χ2v) is 10.4. The summed E-state index contributed by atoms with van der Waals surface area (Å²) in [4.78, 5) is 4.61.